The molecule has 2 N–H and O–H groups in total. The highest BCUT2D eigenvalue weighted by Gasteiger charge is 2.31. The molecule has 0 saturated carbocycles. The van der Waals surface area contributed by atoms with E-state index in [1.165, 1.54) is 5.48 Å². The minimum Gasteiger partial charge on any atom is -0.479 e. The highest BCUT2D eigenvalue weighted by Crippen LogP contribution is 2.18. The van der Waals surface area contributed by atoms with E-state index >= 15 is 0 Å². The Kier molecular flexibility index (Phi) is 4.18. The van der Waals surface area contributed by atoms with Gasteiger partial charge in [-0.2, -0.15) is 13.2 Å². The lowest BCUT2D eigenvalue weighted by molar-refractivity contribution is -0.164. The first-order chi connectivity index (χ1) is 5.81. The van der Waals surface area contributed by atoms with Crippen molar-refractivity contribution in [2.45, 2.75) is 12.6 Å². The summed E-state index contributed by atoms with van der Waals surface area (Å²) in [5.41, 5.74) is 1.33. The lowest BCUT2D eigenvalue weighted by Crippen LogP contribution is -2.30. The third-order valence-corrected chi connectivity index (χ3v) is 0.743. The van der Waals surface area contributed by atoms with Crippen LogP contribution in [0.2, 0.25) is 0 Å². The molecular formula is C5H6F3NO4. The van der Waals surface area contributed by atoms with Gasteiger partial charge in [0.05, 0.1) is 0 Å². The third-order valence-electron chi connectivity index (χ3n) is 0.743. The number of alkyl halides is 3. The summed E-state index contributed by atoms with van der Waals surface area (Å²) >= 11 is 0. The van der Waals surface area contributed by atoms with Gasteiger partial charge in [0.25, 0.3) is 5.91 Å². The summed E-state index contributed by atoms with van der Waals surface area (Å²) in [5, 5.41) is 7.96. The molecule has 0 unspecified atom stereocenters. The number of aliphatic carboxylic acids is 1. The normalized spacial score (nSPS) is 11.0. The van der Waals surface area contributed by atoms with E-state index in [4.69, 9.17) is 5.11 Å². The van der Waals surface area contributed by atoms with Gasteiger partial charge >= 0.3 is 12.1 Å². The van der Waals surface area contributed by atoms with E-state index in [0.29, 0.717) is 0 Å². The number of rotatable bonds is 4. The molecule has 0 atom stereocenters. The number of hydroxylamine groups is 1. The van der Waals surface area contributed by atoms with Gasteiger partial charge in [0, 0.05) is 0 Å². The molecule has 13 heavy (non-hydrogen) atoms. The molecule has 0 bridgehead atoms. The molecular weight excluding hydrogens is 195 g/mol. The number of carbonyl (C=O) groups excluding carboxylic acids is 1. The summed E-state index contributed by atoms with van der Waals surface area (Å²) in [5.74, 6) is -2.83. The second kappa shape index (κ2) is 4.65. The SMILES string of the molecule is O=C(O)CONC(=O)CC(F)(F)F. The molecule has 0 aromatic rings. The van der Waals surface area contributed by atoms with Gasteiger partial charge in [-0.05, 0) is 0 Å². The van der Waals surface area contributed by atoms with E-state index in [9.17, 15) is 22.8 Å². The average Bonchev–Trinajstić information content (AvgIpc) is 1.81. The molecule has 0 aromatic carbocycles. The Labute approximate surface area is 70.4 Å². The largest absolute Gasteiger partial charge is 0.479 e. The molecule has 0 aliphatic heterocycles. The van der Waals surface area contributed by atoms with Crippen LogP contribution in [0.25, 0.3) is 0 Å². The van der Waals surface area contributed by atoms with Gasteiger partial charge in [-0.15, -0.1) is 0 Å². The van der Waals surface area contributed by atoms with Crippen molar-refractivity contribution in [2.75, 3.05) is 6.61 Å². The number of carbonyl (C=O) groups is 2. The lowest BCUT2D eigenvalue weighted by atomic mass is 10.4. The summed E-state index contributed by atoms with van der Waals surface area (Å²) in [4.78, 5) is 24.0. The Morgan fingerprint density at radius 1 is 1.38 bits per heavy atom. The maximum absolute atomic E-state index is 11.5. The molecule has 0 spiro atoms. The van der Waals surface area contributed by atoms with Crippen LogP contribution in [-0.4, -0.2) is 29.8 Å². The number of amides is 1. The van der Waals surface area contributed by atoms with E-state index in [2.05, 4.69) is 4.84 Å². The highest BCUT2D eigenvalue weighted by atomic mass is 19.4. The Morgan fingerprint density at radius 2 is 1.92 bits per heavy atom. The Hall–Kier alpha value is -1.31. The van der Waals surface area contributed by atoms with Crippen LogP contribution in [-0.2, 0) is 14.4 Å². The molecule has 76 valence electrons. The monoisotopic (exact) mass is 201 g/mol. The van der Waals surface area contributed by atoms with Gasteiger partial charge in [0.2, 0.25) is 0 Å². The van der Waals surface area contributed by atoms with Gasteiger partial charge in [-0.25, -0.2) is 10.3 Å². The maximum atomic E-state index is 11.5. The quantitative estimate of drug-likeness (QED) is 0.631. The zero-order chi connectivity index (χ0) is 10.5. The molecule has 0 aliphatic rings. The lowest BCUT2D eigenvalue weighted by Gasteiger charge is -2.05. The molecule has 1 amide bonds. The fraction of sp³-hybridized carbons (Fsp3) is 0.600. The molecule has 0 aliphatic carbocycles. The molecule has 0 saturated heterocycles. The molecule has 0 fully saturated rings. The average molecular weight is 201 g/mol. The first-order valence-corrected chi connectivity index (χ1v) is 3.00. The van der Waals surface area contributed by atoms with Crippen LogP contribution in [0.1, 0.15) is 6.42 Å². The van der Waals surface area contributed by atoms with Crippen molar-refractivity contribution >= 4 is 11.9 Å². The molecule has 8 heteroatoms. The number of carboxylic acids is 1. The number of hydrogen-bond donors (Lipinski definition) is 2. The zero-order valence-corrected chi connectivity index (χ0v) is 6.22. The minimum absolute atomic E-state index is 0.885. The summed E-state index contributed by atoms with van der Waals surface area (Å²) in [7, 11) is 0. The van der Waals surface area contributed by atoms with Crippen molar-refractivity contribution < 1.29 is 32.7 Å². The van der Waals surface area contributed by atoms with Crippen LogP contribution in [0.5, 0.6) is 0 Å². The highest BCUT2D eigenvalue weighted by molar-refractivity contribution is 5.75. The van der Waals surface area contributed by atoms with Crippen molar-refractivity contribution in [3.8, 4) is 0 Å². The predicted molar refractivity (Wildman–Crippen MR) is 32.4 cm³/mol. The fourth-order valence-corrected chi connectivity index (χ4v) is 0.396. The van der Waals surface area contributed by atoms with Gasteiger partial charge in [-0.3, -0.25) is 9.63 Å². The van der Waals surface area contributed by atoms with Crippen LogP contribution in [0.15, 0.2) is 0 Å². The molecule has 0 heterocycles. The summed E-state index contributed by atoms with van der Waals surface area (Å²) in [6.45, 7) is -0.885. The second-order valence-corrected chi connectivity index (χ2v) is 2.00. The van der Waals surface area contributed by atoms with Crippen LogP contribution < -0.4 is 5.48 Å². The van der Waals surface area contributed by atoms with Crippen molar-refractivity contribution in [1.29, 1.82) is 0 Å². The minimum atomic E-state index is -4.63. The second-order valence-electron chi connectivity index (χ2n) is 2.00. The van der Waals surface area contributed by atoms with Crippen molar-refractivity contribution in [1.82, 2.24) is 5.48 Å². The number of hydrogen-bond acceptors (Lipinski definition) is 3. The maximum Gasteiger partial charge on any atom is 0.397 e. The van der Waals surface area contributed by atoms with E-state index in [-0.39, 0.29) is 0 Å². The summed E-state index contributed by atoms with van der Waals surface area (Å²) in [6.07, 6.45) is -6.33. The van der Waals surface area contributed by atoms with Crippen LogP contribution in [0.4, 0.5) is 13.2 Å². The third kappa shape index (κ3) is 8.60. The van der Waals surface area contributed by atoms with Crippen LogP contribution >= 0.6 is 0 Å². The van der Waals surface area contributed by atoms with E-state index in [1.807, 2.05) is 0 Å². The Bertz CT molecular complexity index is 202. The van der Waals surface area contributed by atoms with Crippen molar-refractivity contribution in [2.24, 2.45) is 0 Å². The van der Waals surface area contributed by atoms with Gasteiger partial charge < -0.3 is 5.11 Å². The van der Waals surface area contributed by atoms with Crippen molar-refractivity contribution in [3.63, 3.8) is 0 Å². The predicted octanol–water partition coefficient (Wildman–Crippen LogP) is 0.0712. The molecule has 0 radical (unpaired) electrons. The number of halogens is 3. The molecule has 0 rings (SSSR count). The standard InChI is InChI=1S/C5H6F3NO4/c6-5(7,8)1-3(10)9-13-2-4(11)12/h1-2H2,(H,9,10)(H,11,12). The zero-order valence-electron chi connectivity index (χ0n) is 6.22. The van der Waals surface area contributed by atoms with Crippen LogP contribution in [0.3, 0.4) is 0 Å². The number of carboxylic acid groups (broad SMARTS) is 1. The topological polar surface area (TPSA) is 75.6 Å². The van der Waals surface area contributed by atoms with Crippen LogP contribution in [0, 0.1) is 0 Å². The van der Waals surface area contributed by atoms with E-state index in [1.54, 1.807) is 0 Å². The van der Waals surface area contributed by atoms with Gasteiger partial charge in [0.1, 0.15) is 6.42 Å². The summed E-state index contributed by atoms with van der Waals surface area (Å²) < 4.78 is 34.4. The smallest absolute Gasteiger partial charge is 0.397 e. The Morgan fingerprint density at radius 3 is 2.31 bits per heavy atom. The van der Waals surface area contributed by atoms with E-state index in [0.717, 1.165) is 0 Å². The first kappa shape index (κ1) is 11.7. The van der Waals surface area contributed by atoms with E-state index < -0.39 is 31.1 Å². The summed E-state index contributed by atoms with van der Waals surface area (Å²) in [6, 6.07) is 0. The first-order valence-electron chi connectivity index (χ1n) is 3.00. The number of nitrogens with one attached hydrogen (secondary N) is 1. The molecule has 0 aromatic heterocycles. The fourth-order valence-electron chi connectivity index (χ4n) is 0.396. The van der Waals surface area contributed by atoms with Gasteiger partial charge in [0.15, 0.2) is 6.61 Å². The molecule has 5 nitrogen and oxygen atoms in total. The van der Waals surface area contributed by atoms with Crippen molar-refractivity contribution in [3.05, 3.63) is 0 Å². The van der Waals surface area contributed by atoms with Gasteiger partial charge in [-0.1, -0.05) is 0 Å². The Balaban J connectivity index is 3.59.